The smallest absolute Gasteiger partial charge is 0.268 e. The highest BCUT2D eigenvalue weighted by molar-refractivity contribution is 7.21. The van der Waals surface area contributed by atoms with Crippen LogP contribution in [0.5, 0.6) is 0 Å². The number of rotatable bonds is 4. The molecule has 0 atom stereocenters. The highest BCUT2D eigenvalue weighted by Gasteiger charge is 2.19. The number of anilines is 1. The first-order valence-corrected chi connectivity index (χ1v) is 9.97. The van der Waals surface area contributed by atoms with E-state index in [0.29, 0.717) is 26.3 Å². The summed E-state index contributed by atoms with van der Waals surface area (Å²) in [6.45, 7) is 1.99. The van der Waals surface area contributed by atoms with Crippen molar-refractivity contribution in [3.63, 3.8) is 0 Å². The molecule has 0 saturated heterocycles. The molecular weight excluding hydrogens is 420 g/mol. The van der Waals surface area contributed by atoms with Crippen molar-refractivity contribution < 1.29 is 9.18 Å². The number of aryl methyl sites for hydroxylation is 1. The van der Waals surface area contributed by atoms with Gasteiger partial charge >= 0.3 is 0 Å². The van der Waals surface area contributed by atoms with Gasteiger partial charge in [-0.3, -0.25) is 9.48 Å². The molecule has 2 aromatic heterocycles. The zero-order valence-electron chi connectivity index (χ0n) is 14.7. The number of benzene rings is 2. The van der Waals surface area contributed by atoms with Crippen LogP contribution in [0.2, 0.25) is 10.0 Å². The van der Waals surface area contributed by atoms with Crippen LogP contribution < -0.4 is 5.32 Å². The first-order chi connectivity index (χ1) is 13.4. The summed E-state index contributed by atoms with van der Waals surface area (Å²) in [5, 5.41) is 8.72. The highest BCUT2D eigenvalue weighted by atomic mass is 35.5. The molecule has 4 aromatic rings. The van der Waals surface area contributed by atoms with E-state index < -0.39 is 5.82 Å². The Labute approximate surface area is 174 Å². The largest absolute Gasteiger partial charge is 0.304 e. The van der Waals surface area contributed by atoms with E-state index in [1.807, 2.05) is 31.2 Å². The zero-order chi connectivity index (χ0) is 19.8. The number of nitrogens with zero attached hydrogens (tertiary/aromatic N) is 2. The highest BCUT2D eigenvalue weighted by Crippen LogP contribution is 2.35. The van der Waals surface area contributed by atoms with Crippen molar-refractivity contribution in [2.45, 2.75) is 13.5 Å². The minimum Gasteiger partial charge on any atom is -0.304 e. The van der Waals surface area contributed by atoms with E-state index in [2.05, 4.69) is 10.4 Å². The van der Waals surface area contributed by atoms with Crippen molar-refractivity contribution in [1.82, 2.24) is 9.78 Å². The Kier molecular flexibility index (Phi) is 5.10. The van der Waals surface area contributed by atoms with E-state index in [0.717, 1.165) is 15.8 Å². The topological polar surface area (TPSA) is 46.9 Å². The molecule has 0 radical (unpaired) electrons. The minimum absolute atomic E-state index is 0.164. The first kappa shape index (κ1) is 18.9. The number of thiophene rings is 1. The Bertz CT molecular complexity index is 1180. The van der Waals surface area contributed by atoms with Crippen molar-refractivity contribution in [3.05, 3.63) is 80.5 Å². The Hall–Kier alpha value is -2.41. The van der Waals surface area contributed by atoms with Crippen LogP contribution in [0.15, 0.2) is 48.5 Å². The fourth-order valence-electron chi connectivity index (χ4n) is 2.90. The van der Waals surface area contributed by atoms with Crippen LogP contribution in [-0.4, -0.2) is 15.7 Å². The van der Waals surface area contributed by atoms with E-state index >= 15 is 0 Å². The lowest BCUT2D eigenvalue weighted by Gasteiger charge is -2.07. The number of amides is 1. The van der Waals surface area contributed by atoms with Crippen molar-refractivity contribution in [1.29, 1.82) is 0 Å². The van der Waals surface area contributed by atoms with Crippen molar-refractivity contribution in [2.75, 3.05) is 5.32 Å². The Morgan fingerprint density at radius 2 is 2.00 bits per heavy atom. The Morgan fingerprint density at radius 1 is 1.21 bits per heavy atom. The third-order valence-electron chi connectivity index (χ3n) is 4.33. The molecule has 4 rings (SSSR count). The van der Waals surface area contributed by atoms with E-state index in [-0.39, 0.29) is 12.5 Å². The van der Waals surface area contributed by atoms with Gasteiger partial charge in [0.15, 0.2) is 5.82 Å². The summed E-state index contributed by atoms with van der Waals surface area (Å²) in [5.41, 5.74) is 1.11. The van der Waals surface area contributed by atoms with E-state index in [1.165, 1.54) is 17.4 Å². The second kappa shape index (κ2) is 7.54. The van der Waals surface area contributed by atoms with Crippen LogP contribution in [0.3, 0.4) is 0 Å². The molecule has 0 fully saturated rings. The lowest BCUT2D eigenvalue weighted by atomic mass is 10.2. The molecule has 0 unspecified atom stereocenters. The van der Waals surface area contributed by atoms with Gasteiger partial charge in [-0.05, 0) is 25.1 Å². The zero-order valence-corrected chi connectivity index (χ0v) is 17.0. The molecule has 1 amide bonds. The third-order valence-corrected chi connectivity index (χ3v) is 6.36. The maximum Gasteiger partial charge on any atom is 0.268 e. The standard InChI is InChI=1S/C20H14Cl2FN3OS/c1-11-9-17(25-26(11)10-13-14(21)6-4-7-15(13)23)24-20(27)19-18(22)12-5-2-3-8-16(12)28-19/h2-9H,10H2,1H3,(H,24,25,27). The normalized spacial score (nSPS) is 11.1. The summed E-state index contributed by atoms with van der Waals surface area (Å²) in [6, 6.07) is 13.8. The maximum atomic E-state index is 14.0. The second-order valence-corrected chi connectivity index (χ2v) is 8.06. The molecular formula is C20H14Cl2FN3OS. The van der Waals surface area contributed by atoms with Crippen LogP contribution in [0.4, 0.5) is 10.2 Å². The first-order valence-electron chi connectivity index (χ1n) is 8.40. The SMILES string of the molecule is Cc1cc(NC(=O)c2sc3ccccc3c2Cl)nn1Cc1c(F)cccc1Cl. The van der Waals surface area contributed by atoms with Gasteiger partial charge in [0.25, 0.3) is 5.91 Å². The quantitative estimate of drug-likeness (QED) is 0.419. The third kappa shape index (κ3) is 3.51. The lowest BCUT2D eigenvalue weighted by Crippen LogP contribution is -2.12. The van der Waals surface area contributed by atoms with Crippen LogP contribution in [-0.2, 0) is 6.54 Å². The fraction of sp³-hybridized carbons (Fsp3) is 0.100. The molecule has 1 N–H and O–H groups in total. The molecule has 8 heteroatoms. The predicted octanol–water partition coefficient (Wildman–Crippen LogP) is 6.15. The summed E-state index contributed by atoms with van der Waals surface area (Å²) in [4.78, 5) is 13.1. The lowest BCUT2D eigenvalue weighted by molar-refractivity contribution is 0.103. The van der Waals surface area contributed by atoms with Crippen molar-refractivity contribution >= 4 is 56.3 Å². The molecule has 142 valence electrons. The van der Waals surface area contributed by atoms with Gasteiger partial charge in [-0.2, -0.15) is 5.10 Å². The summed E-state index contributed by atoms with van der Waals surface area (Å²) in [6.07, 6.45) is 0. The molecule has 0 aliphatic carbocycles. The van der Waals surface area contributed by atoms with Gasteiger partial charge < -0.3 is 5.32 Å². The summed E-state index contributed by atoms with van der Waals surface area (Å²) in [7, 11) is 0. The fourth-order valence-corrected chi connectivity index (χ4v) is 4.53. The van der Waals surface area contributed by atoms with Gasteiger partial charge in [0.1, 0.15) is 10.7 Å². The molecule has 0 aliphatic rings. The van der Waals surface area contributed by atoms with E-state index in [1.54, 1.807) is 22.9 Å². The average molecular weight is 434 g/mol. The number of carbonyl (C=O) groups is 1. The molecule has 28 heavy (non-hydrogen) atoms. The molecule has 4 nitrogen and oxygen atoms in total. The van der Waals surface area contributed by atoms with Gasteiger partial charge in [-0.15, -0.1) is 11.3 Å². The number of halogens is 3. The maximum absolute atomic E-state index is 14.0. The summed E-state index contributed by atoms with van der Waals surface area (Å²) >= 11 is 13.8. The van der Waals surface area contributed by atoms with Crippen LogP contribution in [0, 0.1) is 12.7 Å². The van der Waals surface area contributed by atoms with Crippen LogP contribution in [0.1, 0.15) is 20.9 Å². The average Bonchev–Trinajstić information content (AvgIpc) is 3.18. The van der Waals surface area contributed by atoms with Crippen LogP contribution in [0.25, 0.3) is 10.1 Å². The van der Waals surface area contributed by atoms with Crippen molar-refractivity contribution in [2.24, 2.45) is 0 Å². The number of nitrogens with one attached hydrogen (secondary N) is 1. The van der Waals surface area contributed by atoms with E-state index in [4.69, 9.17) is 23.2 Å². The van der Waals surface area contributed by atoms with E-state index in [9.17, 15) is 9.18 Å². The predicted molar refractivity (Wildman–Crippen MR) is 112 cm³/mol. The summed E-state index contributed by atoms with van der Waals surface area (Å²) in [5.74, 6) is -0.367. The van der Waals surface area contributed by atoms with Gasteiger partial charge in [0, 0.05) is 32.4 Å². The Balaban J connectivity index is 1.58. The molecule has 0 saturated carbocycles. The second-order valence-electron chi connectivity index (χ2n) is 6.22. The Morgan fingerprint density at radius 3 is 2.75 bits per heavy atom. The summed E-state index contributed by atoms with van der Waals surface area (Å²) < 4.78 is 16.6. The van der Waals surface area contributed by atoms with Gasteiger partial charge in [-0.25, -0.2) is 4.39 Å². The number of fused-ring (bicyclic) bond motifs is 1. The molecule has 2 aromatic carbocycles. The molecule has 2 heterocycles. The van der Waals surface area contributed by atoms with Gasteiger partial charge in [-0.1, -0.05) is 47.5 Å². The molecule has 0 aliphatic heterocycles. The number of hydrogen-bond acceptors (Lipinski definition) is 3. The monoisotopic (exact) mass is 433 g/mol. The number of carbonyl (C=O) groups excluding carboxylic acids is 1. The number of aromatic nitrogens is 2. The molecule has 0 bridgehead atoms. The molecule has 0 spiro atoms. The van der Waals surface area contributed by atoms with Gasteiger partial charge in [0.05, 0.1) is 11.6 Å². The van der Waals surface area contributed by atoms with Crippen LogP contribution >= 0.6 is 34.5 Å². The van der Waals surface area contributed by atoms with Crippen molar-refractivity contribution in [3.8, 4) is 0 Å². The minimum atomic E-state index is -0.398. The number of hydrogen-bond donors (Lipinski definition) is 1. The van der Waals surface area contributed by atoms with Gasteiger partial charge in [0.2, 0.25) is 0 Å².